The lowest BCUT2D eigenvalue weighted by atomic mass is 10.1. The summed E-state index contributed by atoms with van der Waals surface area (Å²) in [4.78, 5) is 36.6. The van der Waals surface area contributed by atoms with Crippen molar-refractivity contribution in [1.82, 2.24) is 9.21 Å². The quantitative estimate of drug-likeness (QED) is 0.617. The van der Waals surface area contributed by atoms with Crippen LogP contribution in [0.15, 0.2) is 29.2 Å². The zero-order chi connectivity index (χ0) is 20.9. The molecule has 158 valence electrons. The molecule has 3 rings (SSSR count). The third-order valence-corrected chi connectivity index (χ3v) is 7.14. The molecule has 0 atom stereocenters. The van der Waals surface area contributed by atoms with Crippen molar-refractivity contribution in [3.05, 3.63) is 29.8 Å². The molecule has 1 aromatic rings. The van der Waals surface area contributed by atoms with Gasteiger partial charge in [0.2, 0.25) is 15.9 Å². The Morgan fingerprint density at radius 1 is 0.966 bits per heavy atom. The fourth-order valence-electron chi connectivity index (χ4n) is 3.53. The van der Waals surface area contributed by atoms with E-state index in [4.69, 9.17) is 4.74 Å². The Hall–Kier alpha value is -2.26. The maximum atomic E-state index is 12.6. The summed E-state index contributed by atoms with van der Waals surface area (Å²) in [6, 6.07) is 6.51. The van der Waals surface area contributed by atoms with Gasteiger partial charge in [-0.1, -0.05) is 18.6 Å². The van der Waals surface area contributed by atoms with Crippen LogP contribution in [-0.2, 0) is 35.6 Å². The Kier molecular flexibility index (Phi) is 7.02. The van der Waals surface area contributed by atoms with E-state index >= 15 is 0 Å². The Morgan fingerprint density at radius 2 is 1.66 bits per heavy atom. The van der Waals surface area contributed by atoms with Gasteiger partial charge in [-0.05, 0) is 43.4 Å². The predicted octanol–water partition coefficient (Wildman–Crippen LogP) is 1.49. The molecule has 0 aromatic heterocycles. The van der Waals surface area contributed by atoms with Gasteiger partial charge in [-0.25, -0.2) is 8.42 Å². The minimum Gasteiger partial charge on any atom is -0.456 e. The number of ether oxygens (including phenoxy) is 1. The number of carbonyl (C=O) groups excluding carboxylic acids is 3. The molecule has 0 saturated carbocycles. The van der Waals surface area contributed by atoms with Gasteiger partial charge in [0.05, 0.1) is 4.90 Å². The Morgan fingerprint density at radius 3 is 2.28 bits per heavy atom. The topological polar surface area (TPSA) is 101 Å². The monoisotopic (exact) mass is 422 g/mol. The molecule has 29 heavy (non-hydrogen) atoms. The Bertz CT molecular complexity index is 859. The summed E-state index contributed by atoms with van der Waals surface area (Å²) in [5.41, 5.74) is 0.806. The largest absolute Gasteiger partial charge is 0.456 e. The standard InChI is InChI=1S/C20H26N2O6S/c23-18-5-4-14-22(18)19(24)15-28-20(25)11-8-16-6-9-17(10-7-16)29(26,27)21-12-2-1-3-13-21/h6-7,9-10H,1-5,8,11-15H2. The summed E-state index contributed by atoms with van der Waals surface area (Å²) in [6.45, 7) is 1.05. The van der Waals surface area contributed by atoms with Gasteiger partial charge in [-0.15, -0.1) is 0 Å². The van der Waals surface area contributed by atoms with Crippen LogP contribution in [0, 0.1) is 0 Å². The molecular formula is C20H26N2O6S. The first-order chi connectivity index (χ1) is 13.9. The van der Waals surface area contributed by atoms with Crippen molar-refractivity contribution >= 4 is 27.8 Å². The second-order valence-corrected chi connectivity index (χ2v) is 9.25. The van der Waals surface area contributed by atoms with Crippen LogP contribution in [0.1, 0.15) is 44.1 Å². The Labute approximate surface area is 170 Å². The first-order valence-corrected chi connectivity index (χ1v) is 11.4. The molecule has 2 aliphatic rings. The van der Waals surface area contributed by atoms with E-state index in [1.54, 1.807) is 24.3 Å². The van der Waals surface area contributed by atoms with Crippen LogP contribution in [-0.4, -0.2) is 61.6 Å². The number of benzene rings is 1. The van der Waals surface area contributed by atoms with Gasteiger partial charge in [-0.3, -0.25) is 19.3 Å². The van der Waals surface area contributed by atoms with Gasteiger partial charge in [0.25, 0.3) is 5.91 Å². The average Bonchev–Trinajstić information content (AvgIpc) is 3.17. The summed E-state index contributed by atoms with van der Waals surface area (Å²) in [7, 11) is -3.47. The predicted molar refractivity (Wildman–Crippen MR) is 104 cm³/mol. The molecule has 2 fully saturated rings. The molecule has 0 unspecified atom stereocenters. The number of hydrogen-bond acceptors (Lipinski definition) is 6. The van der Waals surface area contributed by atoms with Gasteiger partial charge in [0, 0.05) is 32.5 Å². The number of piperidine rings is 1. The molecule has 2 saturated heterocycles. The number of imide groups is 1. The van der Waals surface area contributed by atoms with Crippen molar-refractivity contribution in [2.45, 2.75) is 49.8 Å². The van der Waals surface area contributed by atoms with E-state index in [0.29, 0.717) is 38.9 Å². The molecule has 2 amide bonds. The van der Waals surface area contributed by atoms with E-state index in [9.17, 15) is 22.8 Å². The number of sulfonamides is 1. The fraction of sp³-hybridized carbons (Fsp3) is 0.550. The van der Waals surface area contributed by atoms with E-state index in [1.807, 2.05) is 0 Å². The minimum absolute atomic E-state index is 0.0689. The number of rotatable bonds is 7. The highest BCUT2D eigenvalue weighted by atomic mass is 32.2. The lowest BCUT2D eigenvalue weighted by molar-refractivity contribution is -0.154. The molecule has 2 aliphatic heterocycles. The molecule has 0 N–H and O–H groups in total. The van der Waals surface area contributed by atoms with Crippen molar-refractivity contribution < 1.29 is 27.5 Å². The molecule has 0 aliphatic carbocycles. The highest BCUT2D eigenvalue weighted by Gasteiger charge is 2.27. The molecule has 1 aromatic carbocycles. The van der Waals surface area contributed by atoms with Crippen LogP contribution < -0.4 is 0 Å². The maximum absolute atomic E-state index is 12.6. The summed E-state index contributed by atoms with van der Waals surface area (Å²) in [5, 5.41) is 0. The molecule has 0 radical (unpaired) electrons. The van der Waals surface area contributed by atoms with Gasteiger partial charge in [0.1, 0.15) is 0 Å². The van der Waals surface area contributed by atoms with Gasteiger partial charge in [-0.2, -0.15) is 4.31 Å². The van der Waals surface area contributed by atoms with E-state index in [1.165, 1.54) is 4.31 Å². The van der Waals surface area contributed by atoms with Crippen LogP contribution in [0.3, 0.4) is 0 Å². The van der Waals surface area contributed by atoms with Gasteiger partial charge >= 0.3 is 5.97 Å². The lowest BCUT2D eigenvalue weighted by Gasteiger charge is -2.25. The van der Waals surface area contributed by atoms with Crippen LogP contribution in [0.5, 0.6) is 0 Å². The molecule has 9 heteroatoms. The van der Waals surface area contributed by atoms with Crippen molar-refractivity contribution in [3.63, 3.8) is 0 Å². The van der Waals surface area contributed by atoms with Crippen LogP contribution in [0.25, 0.3) is 0 Å². The van der Waals surface area contributed by atoms with E-state index < -0.39 is 28.5 Å². The van der Waals surface area contributed by atoms with Crippen molar-refractivity contribution in [1.29, 1.82) is 0 Å². The number of nitrogens with zero attached hydrogens (tertiary/aromatic N) is 2. The second kappa shape index (κ2) is 9.49. The molecular weight excluding hydrogens is 396 g/mol. The number of aryl methyl sites for hydroxylation is 1. The van der Waals surface area contributed by atoms with E-state index in [-0.39, 0.29) is 17.2 Å². The fourth-order valence-corrected chi connectivity index (χ4v) is 5.05. The normalized spacial score (nSPS) is 18.1. The Balaban J connectivity index is 1.46. The number of carbonyl (C=O) groups is 3. The van der Waals surface area contributed by atoms with Crippen LogP contribution in [0.2, 0.25) is 0 Å². The lowest BCUT2D eigenvalue weighted by Crippen LogP contribution is -2.35. The van der Waals surface area contributed by atoms with Gasteiger partial charge in [0.15, 0.2) is 6.61 Å². The summed E-state index contributed by atoms with van der Waals surface area (Å²) >= 11 is 0. The SMILES string of the molecule is O=C(CCc1ccc(S(=O)(=O)N2CCCCC2)cc1)OCC(=O)N1CCCC1=O. The average molecular weight is 423 g/mol. The number of hydrogen-bond donors (Lipinski definition) is 0. The number of esters is 1. The zero-order valence-corrected chi connectivity index (χ0v) is 17.2. The third kappa shape index (κ3) is 5.42. The number of likely N-dealkylation sites (tertiary alicyclic amines) is 1. The maximum Gasteiger partial charge on any atom is 0.306 e. The first-order valence-electron chi connectivity index (χ1n) is 9.96. The minimum atomic E-state index is -3.47. The van der Waals surface area contributed by atoms with Crippen LogP contribution >= 0.6 is 0 Å². The van der Waals surface area contributed by atoms with Gasteiger partial charge < -0.3 is 4.74 Å². The van der Waals surface area contributed by atoms with Crippen molar-refractivity contribution in [2.24, 2.45) is 0 Å². The van der Waals surface area contributed by atoms with Crippen molar-refractivity contribution in [2.75, 3.05) is 26.2 Å². The molecule has 0 bridgehead atoms. The summed E-state index contributed by atoms with van der Waals surface area (Å²) < 4.78 is 31.8. The zero-order valence-electron chi connectivity index (χ0n) is 16.3. The smallest absolute Gasteiger partial charge is 0.306 e. The second-order valence-electron chi connectivity index (χ2n) is 7.31. The summed E-state index contributed by atoms with van der Waals surface area (Å²) in [5.74, 6) is -1.26. The third-order valence-electron chi connectivity index (χ3n) is 5.23. The first kappa shape index (κ1) is 21.4. The van der Waals surface area contributed by atoms with Crippen LogP contribution in [0.4, 0.5) is 0 Å². The summed E-state index contributed by atoms with van der Waals surface area (Å²) in [6.07, 6.45) is 4.26. The molecule has 2 heterocycles. The highest BCUT2D eigenvalue weighted by molar-refractivity contribution is 7.89. The van der Waals surface area contributed by atoms with Crippen molar-refractivity contribution in [3.8, 4) is 0 Å². The highest BCUT2D eigenvalue weighted by Crippen LogP contribution is 2.21. The van der Waals surface area contributed by atoms with E-state index in [0.717, 1.165) is 29.7 Å². The van der Waals surface area contributed by atoms with E-state index in [2.05, 4.69) is 0 Å². The molecule has 8 nitrogen and oxygen atoms in total. The number of amides is 2. The molecule has 0 spiro atoms.